The molecule has 3 aromatic rings. The van der Waals surface area contributed by atoms with Gasteiger partial charge in [0.25, 0.3) is 0 Å². The van der Waals surface area contributed by atoms with Gasteiger partial charge in [0, 0.05) is 11.3 Å². The van der Waals surface area contributed by atoms with Crippen molar-refractivity contribution in [2.24, 2.45) is 10.1 Å². The van der Waals surface area contributed by atoms with Crippen LogP contribution in [0.3, 0.4) is 0 Å². The monoisotopic (exact) mass is 383 g/mol. The number of aliphatic imine (C=N–C) groups is 1. The predicted octanol–water partition coefficient (Wildman–Crippen LogP) is 5.34. The largest absolute Gasteiger partial charge is 0.278 e. The summed E-state index contributed by atoms with van der Waals surface area (Å²) in [6.07, 6.45) is 0.952. The van der Waals surface area contributed by atoms with Crippen LogP contribution in [0.25, 0.3) is 0 Å². The van der Waals surface area contributed by atoms with E-state index in [1.807, 2.05) is 53.5 Å². The van der Waals surface area contributed by atoms with Crippen LogP contribution in [-0.2, 0) is 0 Å². The van der Waals surface area contributed by atoms with E-state index in [-0.39, 0.29) is 0 Å². The Balaban J connectivity index is 1.67. The molecule has 1 aliphatic heterocycles. The predicted molar refractivity (Wildman–Crippen MR) is 122 cm³/mol. The van der Waals surface area contributed by atoms with Crippen LogP contribution in [0, 0.1) is 0 Å². The zero-order chi connectivity index (χ0) is 20.1. The van der Waals surface area contributed by atoms with Crippen molar-refractivity contribution >= 4 is 28.6 Å². The van der Waals surface area contributed by atoms with Crippen molar-refractivity contribution in [2.45, 2.75) is 20.3 Å². The van der Waals surface area contributed by atoms with E-state index in [1.54, 1.807) is 0 Å². The molecule has 3 aromatic carbocycles. The van der Waals surface area contributed by atoms with E-state index in [9.17, 15) is 0 Å². The number of nitrogens with zero attached hydrogens (tertiary/aromatic N) is 4. The molecule has 0 saturated heterocycles. The minimum absolute atomic E-state index is 0.607. The van der Waals surface area contributed by atoms with E-state index in [2.05, 4.69) is 65.7 Å². The number of anilines is 2. The highest BCUT2D eigenvalue weighted by molar-refractivity contribution is 6.01. The zero-order valence-electron chi connectivity index (χ0n) is 16.8. The van der Waals surface area contributed by atoms with Gasteiger partial charge in [-0.2, -0.15) is 5.10 Å². The third-order valence-corrected chi connectivity index (χ3v) is 4.83. The lowest BCUT2D eigenvalue weighted by Gasteiger charge is -2.36. The van der Waals surface area contributed by atoms with Gasteiger partial charge in [-0.1, -0.05) is 43.3 Å². The Morgan fingerprint density at radius 3 is 2.14 bits per heavy atom. The van der Waals surface area contributed by atoms with E-state index in [1.165, 1.54) is 0 Å². The van der Waals surface area contributed by atoms with Crippen LogP contribution in [0.4, 0.5) is 17.1 Å². The van der Waals surface area contributed by atoms with Gasteiger partial charge >= 0.3 is 0 Å². The first kappa shape index (κ1) is 18.7. The lowest BCUT2D eigenvalue weighted by Crippen LogP contribution is -2.53. The SMILES string of the molecule is CCC(C)=Nc1ccc(C2=NN(c3ccccc3)CN(c3ccccc3)N2)cc1. The van der Waals surface area contributed by atoms with Gasteiger partial charge in [-0.05, 0) is 61.9 Å². The first-order valence-corrected chi connectivity index (χ1v) is 9.88. The standard InChI is InChI=1S/C24H25N5/c1-3-19(2)25-21-16-14-20(15-17-21)24-26-28(22-10-6-4-7-11-22)18-29(27-24)23-12-8-5-9-13-23/h4-17H,3,18H2,1-2H3,(H,26,27). The van der Waals surface area contributed by atoms with Crippen molar-refractivity contribution in [1.82, 2.24) is 5.43 Å². The second-order valence-electron chi connectivity index (χ2n) is 6.95. The fraction of sp³-hybridized carbons (Fsp3) is 0.167. The minimum Gasteiger partial charge on any atom is -0.278 e. The highest BCUT2D eigenvalue weighted by Gasteiger charge is 2.21. The Kier molecular flexibility index (Phi) is 5.56. The highest BCUT2D eigenvalue weighted by atomic mass is 15.7. The van der Waals surface area contributed by atoms with Gasteiger partial charge in [-0.25, -0.2) is 5.01 Å². The van der Waals surface area contributed by atoms with E-state index in [4.69, 9.17) is 5.10 Å². The number of hydrogen-bond donors (Lipinski definition) is 1. The smallest absolute Gasteiger partial charge is 0.172 e. The molecule has 0 saturated carbocycles. The quantitative estimate of drug-likeness (QED) is 0.605. The maximum absolute atomic E-state index is 4.87. The van der Waals surface area contributed by atoms with E-state index in [0.29, 0.717) is 6.67 Å². The normalized spacial score (nSPS) is 14.4. The average molecular weight is 383 g/mol. The molecule has 4 rings (SSSR count). The molecule has 1 N–H and O–H groups in total. The molecule has 0 atom stereocenters. The van der Waals surface area contributed by atoms with E-state index >= 15 is 0 Å². The van der Waals surface area contributed by atoms with Crippen molar-refractivity contribution in [3.8, 4) is 0 Å². The first-order valence-electron chi connectivity index (χ1n) is 9.88. The second kappa shape index (κ2) is 8.61. The minimum atomic E-state index is 0.607. The topological polar surface area (TPSA) is 43.2 Å². The summed E-state index contributed by atoms with van der Waals surface area (Å²) in [6, 6.07) is 28.7. The number of hydrazine groups is 1. The van der Waals surface area contributed by atoms with Crippen molar-refractivity contribution in [1.29, 1.82) is 0 Å². The van der Waals surface area contributed by atoms with E-state index < -0.39 is 0 Å². The zero-order valence-corrected chi connectivity index (χ0v) is 16.8. The summed E-state index contributed by atoms with van der Waals surface area (Å²) < 4.78 is 0. The molecule has 5 nitrogen and oxygen atoms in total. The fourth-order valence-electron chi connectivity index (χ4n) is 3.08. The maximum atomic E-state index is 4.87. The molecule has 1 heterocycles. The number of amidine groups is 1. The molecular formula is C24H25N5. The van der Waals surface area contributed by atoms with Crippen LogP contribution in [0.15, 0.2) is 95.0 Å². The molecule has 1 aliphatic rings. The Morgan fingerprint density at radius 2 is 1.52 bits per heavy atom. The third kappa shape index (κ3) is 4.46. The fourth-order valence-corrected chi connectivity index (χ4v) is 3.08. The lowest BCUT2D eigenvalue weighted by molar-refractivity contribution is 0.679. The molecule has 5 heteroatoms. The Morgan fingerprint density at radius 1 is 0.897 bits per heavy atom. The lowest BCUT2D eigenvalue weighted by atomic mass is 10.2. The molecule has 0 bridgehead atoms. The number of benzene rings is 3. The highest BCUT2D eigenvalue weighted by Crippen LogP contribution is 2.22. The summed E-state index contributed by atoms with van der Waals surface area (Å²) in [6.45, 7) is 4.77. The summed E-state index contributed by atoms with van der Waals surface area (Å²) in [7, 11) is 0. The number of hydrazone groups is 1. The number of rotatable bonds is 5. The number of hydrogen-bond acceptors (Lipinski definition) is 5. The average Bonchev–Trinajstić information content (AvgIpc) is 2.80. The molecular weight excluding hydrogens is 358 g/mol. The molecule has 0 amide bonds. The van der Waals surface area contributed by atoms with Crippen LogP contribution in [0.5, 0.6) is 0 Å². The molecule has 0 aromatic heterocycles. The summed E-state index contributed by atoms with van der Waals surface area (Å²) in [4.78, 5) is 4.62. The molecule has 0 fully saturated rings. The molecule has 0 unspecified atom stereocenters. The van der Waals surface area contributed by atoms with Gasteiger partial charge in [0.2, 0.25) is 0 Å². The summed E-state index contributed by atoms with van der Waals surface area (Å²) >= 11 is 0. The van der Waals surface area contributed by atoms with Gasteiger partial charge < -0.3 is 0 Å². The maximum Gasteiger partial charge on any atom is 0.172 e. The van der Waals surface area contributed by atoms with Gasteiger partial charge in [0.15, 0.2) is 5.84 Å². The van der Waals surface area contributed by atoms with Gasteiger partial charge in [-0.3, -0.25) is 15.4 Å². The molecule has 146 valence electrons. The van der Waals surface area contributed by atoms with Gasteiger partial charge in [0.1, 0.15) is 6.67 Å². The van der Waals surface area contributed by atoms with Crippen molar-refractivity contribution < 1.29 is 0 Å². The Bertz CT molecular complexity index is 994. The van der Waals surface area contributed by atoms with Crippen LogP contribution in [-0.4, -0.2) is 18.2 Å². The molecule has 0 spiro atoms. The molecule has 0 aliphatic carbocycles. The van der Waals surface area contributed by atoms with Gasteiger partial charge in [0.05, 0.1) is 17.1 Å². The number of nitrogens with one attached hydrogen (secondary N) is 1. The second-order valence-corrected chi connectivity index (χ2v) is 6.95. The van der Waals surface area contributed by atoms with E-state index in [0.717, 1.165) is 40.6 Å². The van der Waals surface area contributed by atoms with Crippen molar-refractivity contribution in [3.05, 3.63) is 90.5 Å². The third-order valence-electron chi connectivity index (χ3n) is 4.83. The summed E-state index contributed by atoms with van der Waals surface area (Å²) in [5, 5.41) is 8.97. The van der Waals surface area contributed by atoms with Crippen molar-refractivity contribution in [2.75, 3.05) is 16.7 Å². The van der Waals surface area contributed by atoms with Gasteiger partial charge in [-0.15, -0.1) is 0 Å². The Hall–Kier alpha value is -3.60. The molecule has 0 radical (unpaired) electrons. The van der Waals surface area contributed by atoms with Crippen LogP contribution >= 0.6 is 0 Å². The number of para-hydroxylation sites is 2. The first-order chi connectivity index (χ1) is 14.2. The van der Waals surface area contributed by atoms with Crippen LogP contribution in [0.1, 0.15) is 25.8 Å². The van der Waals surface area contributed by atoms with Crippen LogP contribution < -0.4 is 15.4 Å². The van der Waals surface area contributed by atoms with Crippen LogP contribution in [0.2, 0.25) is 0 Å². The summed E-state index contributed by atoms with van der Waals surface area (Å²) in [5.41, 5.74) is 8.69. The Labute approximate surface area is 172 Å². The summed E-state index contributed by atoms with van der Waals surface area (Å²) in [5.74, 6) is 0.798. The van der Waals surface area contributed by atoms with Crippen molar-refractivity contribution in [3.63, 3.8) is 0 Å². The molecule has 29 heavy (non-hydrogen) atoms.